The SMILES string of the molecule is CC1(S(=O)(=O)N[C@@H]2CN(c3ccc(F)cc3)C2=O)CC1. The Kier molecular flexibility index (Phi) is 2.88. The number of nitrogens with one attached hydrogen (secondary N) is 1. The van der Waals surface area contributed by atoms with Gasteiger partial charge in [0.25, 0.3) is 0 Å². The number of β-lactam (4-membered cyclic amide) rings is 1. The molecule has 2 aliphatic rings. The minimum Gasteiger partial charge on any atom is -0.309 e. The van der Waals surface area contributed by atoms with Gasteiger partial charge < -0.3 is 4.90 Å². The third-order valence-corrected chi connectivity index (χ3v) is 6.27. The number of nitrogens with zero attached hydrogens (tertiary/aromatic N) is 1. The van der Waals surface area contributed by atoms with E-state index in [4.69, 9.17) is 0 Å². The Hall–Kier alpha value is -1.47. The van der Waals surface area contributed by atoms with Crippen molar-refractivity contribution in [3.05, 3.63) is 30.1 Å². The standard InChI is InChI=1S/C13H15FN2O3S/c1-13(6-7-13)20(18,19)15-11-8-16(12(11)17)10-4-2-9(14)3-5-10/h2-5,11,15H,6-8H2,1H3/t11-/m1/s1. The molecule has 0 radical (unpaired) electrons. The number of halogens is 1. The molecule has 1 heterocycles. The summed E-state index contributed by atoms with van der Waals surface area (Å²) in [6.07, 6.45) is 1.26. The Morgan fingerprint density at radius 3 is 2.40 bits per heavy atom. The van der Waals surface area contributed by atoms with Gasteiger partial charge in [0.2, 0.25) is 15.9 Å². The third kappa shape index (κ3) is 2.10. The van der Waals surface area contributed by atoms with Crippen molar-refractivity contribution in [2.45, 2.75) is 30.6 Å². The van der Waals surface area contributed by atoms with Gasteiger partial charge in [0.1, 0.15) is 11.9 Å². The quantitative estimate of drug-likeness (QED) is 0.844. The van der Waals surface area contributed by atoms with Gasteiger partial charge in [-0.1, -0.05) is 0 Å². The van der Waals surface area contributed by atoms with Crippen LogP contribution in [0.15, 0.2) is 24.3 Å². The number of rotatable bonds is 4. The zero-order chi connectivity index (χ0) is 14.5. The average molecular weight is 298 g/mol. The van der Waals surface area contributed by atoms with E-state index in [0.29, 0.717) is 18.5 Å². The molecule has 0 unspecified atom stereocenters. The predicted molar refractivity (Wildman–Crippen MR) is 72.2 cm³/mol. The fourth-order valence-corrected chi connectivity index (χ4v) is 3.62. The smallest absolute Gasteiger partial charge is 0.247 e. The van der Waals surface area contributed by atoms with Gasteiger partial charge in [-0.15, -0.1) is 0 Å². The molecular formula is C13H15FN2O3S. The second kappa shape index (κ2) is 4.26. The van der Waals surface area contributed by atoms with Gasteiger partial charge in [0.05, 0.1) is 11.3 Å². The number of hydrogen-bond donors (Lipinski definition) is 1. The molecule has 5 nitrogen and oxygen atoms in total. The summed E-state index contributed by atoms with van der Waals surface area (Å²) in [5.41, 5.74) is 0.574. The first-order valence-corrected chi connectivity index (χ1v) is 7.90. The van der Waals surface area contributed by atoms with Gasteiger partial charge in [-0.2, -0.15) is 0 Å². The molecule has 0 bridgehead atoms. The zero-order valence-electron chi connectivity index (χ0n) is 11.0. The number of carbonyl (C=O) groups is 1. The molecule has 0 spiro atoms. The molecule has 0 aromatic heterocycles. The molecule has 1 aromatic rings. The molecule has 108 valence electrons. The normalized spacial score (nSPS) is 24.4. The van der Waals surface area contributed by atoms with Crippen molar-refractivity contribution in [3.63, 3.8) is 0 Å². The molecule has 20 heavy (non-hydrogen) atoms. The van der Waals surface area contributed by atoms with E-state index in [0.717, 1.165) is 0 Å². The number of sulfonamides is 1. The fourth-order valence-electron chi connectivity index (χ4n) is 2.14. The van der Waals surface area contributed by atoms with Gasteiger partial charge in [0.15, 0.2) is 0 Å². The Labute approximate surface area is 116 Å². The largest absolute Gasteiger partial charge is 0.309 e. The van der Waals surface area contributed by atoms with Crippen LogP contribution in [-0.2, 0) is 14.8 Å². The van der Waals surface area contributed by atoms with E-state index < -0.39 is 20.8 Å². The van der Waals surface area contributed by atoms with Crippen LogP contribution in [0.4, 0.5) is 10.1 Å². The summed E-state index contributed by atoms with van der Waals surface area (Å²) in [5, 5.41) is 0. The monoisotopic (exact) mass is 298 g/mol. The zero-order valence-corrected chi connectivity index (χ0v) is 11.8. The van der Waals surface area contributed by atoms with Crippen molar-refractivity contribution in [2.24, 2.45) is 0 Å². The summed E-state index contributed by atoms with van der Waals surface area (Å²) in [5.74, 6) is -0.676. The van der Waals surface area contributed by atoms with Crippen molar-refractivity contribution >= 4 is 21.6 Å². The van der Waals surface area contributed by atoms with Crippen molar-refractivity contribution < 1.29 is 17.6 Å². The lowest BCUT2D eigenvalue weighted by atomic mass is 10.1. The van der Waals surface area contributed by atoms with Gasteiger partial charge in [-0.3, -0.25) is 4.79 Å². The average Bonchev–Trinajstić information content (AvgIpc) is 3.15. The van der Waals surface area contributed by atoms with E-state index in [9.17, 15) is 17.6 Å². The lowest BCUT2D eigenvalue weighted by Gasteiger charge is -2.38. The molecule has 1 amide bonds. The number of carbonyl (C=O) groups excluding carboxylic acids is 1. The summed E-state index contributed by atoms with van der Waals surface area (Å²) in [6, 6.07) is 4.83. The lowest BCUT2D eigenvalue weighted by molar-refractivity contribution is -0.124. The molecule has 1 aliphatic carbocycles. The first-order chi connectivity index (χ1) is 9.32. The highest BCUT2D eigenvalue weighted by Gasteiger charge is 2.52. The molecule has 1 atom stereocenters. The van der Waals surface area contributed by atoms with Gasteiger partial charge in [-0.05, 0) is 44.0 Å². The maximum Gasteiger partial charge on any atom is 0.247 e. The van der Waals surface area contributed by atoms with E-state index in [1.165, 1.54) is 29.2 Å². The van der Waals surface area contributed by atoms with Gasteiger partial charge in [-0.25, -0.2) is 17.5 Å². The highest BCUT2D eigenvalue weighted by molar-refractivity contribution is 7.91. The number of amides is 1. The summed E-state index contributed by atoms with van der Waals surface area (Å²) >= 11 is 0. The Morgan fingerprint density at radius 2 is 1.90 bits per heavy atom. The fraction of sp³-hybridized carbons (Fsp3) is 0.462. The number of hydrogen-bond acceptors (Lipinski definition) is 3. The summed E-state index contributed by atoms with van der Waals surface area (Å²) in [4.78, 5) is 13.4. The van der Waals surface area contributed by atoms with Gasteiger partial charge >= 0.3 is 0 Å². The van der Waals surface area contributed by atoms with Crippen LogP contribution in [0.25, 0.3) is 0 Å². The van der Waals surface area contributed by atoms with Crippen molar-refractivity contribution in [1.82, 2.24) is 4.72 Å². The Balaban J connectivity index is 1.67. The van der Waals surface area contributed by atoms with Crippen LogP contribution in [0.2, 0.25) is 0 Å². The van der Waals surface area contributed by atoms with Crippen LogP contribution in [-0.4, -0.2) is 31.7 Å². The molecule has 1 saturated heterocycles. The second-order valence-electron chi connectivity index (χ2n) is 5.55. The minimum atomic E-state index is -3.45. The molecule has 7 heteroatoms. The molecule has 1 aliphatic heterocycles. The summed E-state index contributed by atoms with van der Waals surface area (Å²) < 4.78 is 38.6. The number of anilines is 1. The molecule has 2 fully saturated rings. The van der Waals surface area contributed by atoms with Crippen LogP contribution in [0.1, 0.15) is 19.8 Å². The van der Waals surface area contributed by atoms with Gasteiger partial charge in [0, 0.05) is 5.69 Å². The van der Waals surface area contributed by atoms with Crippen LogP contribution >= 0.6 is 0 Å². The maximum atomic E-state index is 12.8. The van der Waals surface area contributed by atoms with E-state index in [2.05, 4.69) is 4.72 Å². The molecule has 1 N–H and O–H groups in total. The van der Waals surface area contributed by atoms with Crippen LogP contribution in [0.5, 0.6) is 0 Å². The second-order valence-corrected chi connectivity index (χ2v) is 7.78. The van der Waals surface area contributed by atoms with E-state index in [1.807, 2.05) is 0 Å². The van der Waals surface area contributed by atoms with Crippen LogP contribution in [0.3, 0.4) is 0 Å². The van der Waals surface area contributed by atoms with E-state index >= 15 is 0 Å². The molecule has 1 saturated carbocycles. The van der Waals surface area contributed by atoms with E-state index in [-0.39, 0.29) is 18.3 Å². The first-order valence-electron chi connectivity index (χ1n) is 6.41. The molecular weight excluding hydrogens is 283 g/mol. The molecule has 1 aromatic carbocycles. The first kappa shape index (κ1) is 13.5. The Bertz CT molecular complexity index is 653. The van der Waals surface area contributed by atoms with Crippen LogP contribution < -0.4 is 9.62 Å². The molecule has 3 rings (SSSR count). The topological polar surface area (TPSA) is 66.5 Å². The Morgan fingerprint density at radius 1 is 1.30 bits per heavy atom. The highest BCUT2D eigenvalue weighted by Crippen LogP contribution is 2.42. The summed E-state index contributed by atoms with van der Waals surface area (Å²) in [6.45, 7) is 1.95. The van der Waals surface area contributed by atoms with Crippen LogP contribution in [0, 0.1) is 5.82 Å². The summed E-state index contributed by atoms with van der Waals surface area (Å²) in [7, 11) is -3.45. The van der Waals surface area contributed by atoms with Crippen molar-refractivity contribution in [1.29, 1.82) is 0 Å². The van der Waals surface area contributed by atoms with Crippen molar-refractivity contribution in [3.8, 4) is 0 Å². The lowest BCUT2D eigenvalue weighted by Crippen LogP contribution is -2.65. The minimum absolute atomic E-state index is 0.278. The number of benzene rings is 1. The van der Waals surface area contributed by atoms with Crippen molar-refractivity contribution in [2.75, 3.05) is 11.4 Å². The van der Waals surface area contributed by atoms with E-state index in [1.54, 1.807) is 6.92 Å². The maximum absolute atomic E-state index is 12.8. The predicted octanol–water partition coefficient (Wildman–Crippen LogP) is 1.01. The third-order valence-electron chi connectivity index (χ3n) is 3.97. The highest BCUT2D eigenvalue weighted by atomic mass is 32.2.